The van der Waals surface area contributed by atoms with Gasteiger partial charge < -0.3 is 5.11 Å². The van der Waals surface area contributed by atoms with E-state index in [9.17, 15) is 14.7 Å². The minimum Gasteiger partial charge on any atom is -0.480 e. The van der Waals surface area contributed by atoms with Crippen LogP contribution in [0.4, 0.5) is 0 Å². The van der Waals surface area contributed by atoms with E-state index in [2.05, 4.69) is 45.0 Å². The molecule has 1 fully saturated rings. The molecule has 1 heterocycles. The van der Waals surface area contributed by atoms with Crippen molar-refractivity contribution in [2.45, 2.75) is 52.5 Å². The lowest BCUT2D eigenvalue weighted by atomic mass is 9.86. The number of hydrogen-bond donors (Lipinski definition) is 1. The third-order valence-electron chi connectivity index (χ3n) is 5.83. The van der Waals surface area contributed by atoms with Crippen LogP contribution in [0.15, 0.2) is 53.4 Å². The van der Waals surface area contributed by atoms with Gasteiger partial charge in [-0.1, -0.05) is 114 Å². The van der Waals surface area contributed by atoms with Crippen molar-refractivity contribution in [3.05, 3.63) is 64.6 Å². The number of amides is 1. The van der Waals surface area contributed by atoms with Gasteiger partial charge in [-0.25, -0.2) is 4.79 Å². The average Bonchev–Trinajstić information content (AvgIpc) is 3.01. The van der Waals surface area contributed by atoms with E-state index in [0.717, 1.165) is 28.5 Å². The zero-order chi connectivity index (χ0) is 23.6. The normalized spacial score (nSPS) is 17.7. The van der Waals surface area contributed by atoms with Crippen LogP contribution in [-0.2, 0) is 15.0 Å². The SMILES string of the molecule is CC[C@@H](C)[C@@H](C(=O)O)N1C(=O)C(=Cc2ccc(-c3ccc(C(C)(C)C)cc3)cc2)SC1=S. The summed E-state index contributed by atoms with van der Waals surface area (Å²) in [5, 5.41) is 9.66. The van der Waals surface area contributed by atoms with Gasteiger partial charge >= 0.3 is 5.97 Å². The van der Waals surface area contributed by atoms with Gasteiger partial charge in [-0.15, -0.1) is 0 Å². The van der Waals surface area contributed by atoms with E-state index < -0.39 is 12.0 Å². The molecule has 1 aliphatic heterocycles. The maximum absolute atomic E-state index is 13.0. The van der Waals surface area contributed by atoms with Gasteiger partial charge in [-0.3, -0.25) is 9.69 Å². The number of hydrogen-bond acceptors (Lipinski definition) is 4. The highest BCUT2D eigenvalue weighted by Gasteiger charge is 2.42. The maximum Gasteiger partial charge on any atom is 0.327 e. The minimum absolute atomic E-state index is 0.114. The van der Waals surface area contributed by atoms with Crippen LogP contribution in [0.1, 0.15) is 52.2 Å². The number of aliphatic carboxylic acids is 1. The van der Waals surface area contributed by atoms with Crippen LogP contribution in [0.25, 0.3) is 17.2 Å². The smallest absolute Gasteiger partial charge is 0.327 e. The van der Waals surface area contributed by atoms with Crippen molar-refractivity contribution in [3.63, 3.8) is 0 Å². The number of carbonyl (C=O) groups excluding carboxylic acids is 1. The quantitative estimate of drug-likeness (QED) is 0.396. The summed E-state index contributed by atoms with van der Waals surface area (Å²) < 4.78 is 0.296. The van der Waals surface area contributed by atoms with Gasteiger partial charge in [0.2, 0.25) is 0 Å². The zero-order valence-electron chi connectivity index (χ0n) is 19.1. The van der Waals surface area contributed by atoms with E-state index >= 15 is 0 Å². The molecule has 32 heavy (non-hydrogen) atoms. The molecule has 3 rings (SSSR count). The van der Waals surface area contributed by atoms with E-state index in [-0.39, 0.29) is 17.2 Å². The van der Waals surface area contributed by atoms with Crippen molar-refractivity contribution >= 4 is 46.3 Å². The average molecular weight is 468 g/mol. The zero-order valence-corrected chi connectivity index (χ0v) is 20.7. The van der Waals surface area contributed by atoms with Crippen LogP contribution >= 0.6 is 24.0 Å². The van der Waals surface area contributed by atoms with Crippen LogP contribution in [-0.4, -0.2) is 32.2 Å². The van der Waals surface area contributed by atoms with E-state index in [4.69, 9.17) is 12.2 Å². The van der Waals surface area contributed by atoms with E-state index in [1.54, 1.807) is 6.08 Å². The highest BCUT2D eigenvalue weighted by molar-refractivity contribution is 8.26. The molecule has 1 amide bonds. The third kappa shape index (κ3) is 5.13. The fourth-order valence-corrected chi connectivity index (χ4v) is 4.97. The Bertz CT molecular complexity index is 1050. The first-order valence-electron chi connectivity index (χ1n) is 10.7. The summed E-state index contributed by atoms with van der Waals surface area (Å²) in [7, 11) is 0. The number of rotatable bonds is 6. The lowest BCUT2D eigenvalue weighted by molar-refractivity contribution is -0.147. The lowest BCUT2D eigenvalue weighted by Gasteiger charge is -2.27. The first kappa shape index (κ1) is 24.2. The highest BCUT2D eigenvalue weighted by atomic mass is 32.2. The number of nitrogens with zero attached hydrogens (tertiary/aromatic N) is 1. The molecule has 0 aliphatic carbocycles. The largest absolute Gasteiger partial charge is 0.480 e. The predicted octanol–water partition coefficient (Wildman–Crippen LogP) is 6.35. The van der Waals surface area contributed by atoms with Crippen LogP contribution < -0.4 is 0 Å². The van der Waals surface area contributed by atoms with Crippen molar-refractivity contribution in [3.8, 4) is 11.1 Å². The molecule has 2 atom stereocenters. The molecule has 2 aromatic carbocycles. The van der Waals surface area contributed by atoms with Gasteiger partial charge in [0.05, 0.1) is 4.91 Å². The van der Waals surface area contributed by atoms with E-state index in [0.29, 0.717) is 15.6 Å². The molecule has 168 valence electrons. The van der Waals surface area contributed by atoms with Crippen LogP contribution in [0, 0.1) is 5.92 Å². The summed E-state index contributed by atoms with van der Waals surface area (Å²) in [5.41, 5.74) is 4.50. The number of thioether (sulfide) groups is 1. The summed E-state index contributed by atoms with van der Waals surface area (Å²) in [6, 6.07) is 15.6. The highest BCUT2D eigenvalue weighted by Crippen LogP contribution is 2.36. The summed E-state index contributed by atoms with van der Waals surface area (Å²) in [4.78, 5) is 26.5. The Hall–Kier alpha value is -2.44. The van der Waals surface area contributed by atoms with Gasteiger partial charge in [0.1, 0.15) is 10.4 Å². The molecular formula is C26H29NO3S2. The Kier molecular flexibility index (Phi) is 7.25. The molecule has 2 aromatic rings. The van der Waals surface area contributed by atoms with E-state index in [1.807, 2.05) is 38.1 Å². The molecule has 0 unspecified atom stereocenters. The second-order valence-corrected chi connectivity index (χ2v) is 10.8. The van der Waals surface area contributed by atoms with Crippen molar-refractivity contribution < 1.29 is 14.7 Å². The van der Waals surface area contributed by atoms with Gasteiger partial charge in [0.15, 0.2) is 0 Å². The Morgan fingerprint density at radius 2 is 1.62 bits per heavy atom. The molecular weight excluding hydrogens is 438 g/mol. The van der Waals surface area contributed by atoms with Crippen molar-refractivity contribution in [2.75, 3.05) is 0 Å². The van der Waals surface area contributed by atoms with Gasteiger partial charge in [-0.05, 0) is 39.7 Å². The molecule has 0 saturated carbocycles. The standard InChI is InChI=1S/C26H29NO3S2/c1-6-16(2)22(24(29)30)27-23(28)21(32-25(27)31)15-17-7-9-18(10-8-17)19-11-13-20(14-12-19)26(3,4)5/h7-16,22H,6H2,1-5H3,(H,29,30)/t16-,22+/m1/s1. The molecule has 0 spiro atoms. The third-order valence-corrected chi connectivity index (χ3v) is 7.16. The monoisotopic (exact) mass is 467 g/mol. The van der Waals surface area contributed by atoms with Crippen molar-refractivity contribution in [1.29, 1.82) is 0 Å². The van der Waals surface area contributed by atoms with Crippen LogP contribution in [0.5, 0.6) is 0 Å². The molecule has 0 aromatic heterocycles. The number of benzene rings is 2. The van der Waals surface area contributed by atoms with Gasteiger partial charge in [0, 0.05) is 0 Å². The second-order valence-electron chi connectivity index (χ2n) is 9.17. The summed E-state index contributed by atoms with van der Waals surface area (Å²) >= 11 is 6.52. The van der Waals surface area contributed by atoms with Crippen LogP contribution in [0.2, 0.25) is 0 Å². The Balaban J connectivity index is 1.81. The lowest BCUT2D eigenvalue weighted by Crippen LogP contribution is -2.47. The minimum atomic E-state index is -1.03. The fourth-order valence-electron chi connectivity index (χ4n) is 3.64. The molecule has 1 aliphatic rings. The van der Waals surface area contributed by atoms with Gasteiger partial charge in [-0.2, -0.15) is 0 Å². The fraction of sp³-hybridized carbons (Fsp3) is 0.346. The van der Waals surface area contributed by atoms with Crippen LogP contribution in [0.3, 0.4) is 0 Å². The molecule has 4 nitrogen and oxygen atoms in total. The summed E-state index contributed by atoms with van der Waals surface area (Å²) in [6.07, 6.45) is 2.42. The van der Waals surface area contributed by atoms with Gasteiger partial charge in [0.25, 0.3) is 5.91 Å². The summed E-state index contributed by atoms with van der Waals surface area (Å²) in [6.45, 7) is 10.3. The number of carboxylic acids is 1. The molecule has 1 saturated heterocycles. The number of thiocarbonyl (C=S) groups is 1. The molecule has 0 bridgehead atoms. The maximum atomic E-state index is 13.0. The number of carboxylic acid groups (broad SMARTS) is 1. The molecule has 1 N–H and O–H groups in total. The van der Waals surface area contributed by atoms with Crippen molar-refractivity contribution in [1.82, 2.24) is 4.90 Å². The molecule has 6 heteroatoms. The van der Waals surface area contributed by atoms with Crippen molar-refractivity contribution in [2.24, 2.45) is 5.92 Å². The number of carbonyl (C=O) groups is 2. The predicted molar refractivity (Wildman–Crippen MR) is 136 cm³/mol. The topological polar surface area (TPSA) is 57.6 Å². The molecule has 0 radical (unpaired) electrons. The first-order valence-corrected chi connectivity index (χ1v) is 12.0. The Morgan fingerprint density at radius 1 is 1.09 bits per heavy atom. The summed E-state index contributed by atoms with van der Waals surface area (Å²) in [5.74, 6) is -1.56. The van der Waals surface area contributed by atoms with E-state index in [1.165, 1.54) is 10.5 Å². The second kappa shape index (κ2) is 9.59. The first-order chi connectivity index (χ1) is 15.0. The Labute approximate surface area is 199 Å². The Morgan fingerprint density at radius 3 is 2.09 bits per heavy atom.